The van der Waals surface area contributed by atoms with Crippen LogP contribution < -0.4 is 10.0 Å². The summed E-state index contributed by atoms with van der Waals surface area (Å²) in [6.07, 6.45) is 4.71. The number of para-hydroxylation sites is 3. The van der Waals surface area contributed by atoms with Gasteiger partial charge in [0.2, 0.25) is 5.95 Å². The van der Waals surface area contributed by atoms with Crippen molar-refractivity contribution in [2.75, 3.05) is 10.0 Å². The molecule has 7 heteroatoms. The Kier molecular flexibility index (Phi) is 7.53. The van der Waals surface area contributed by atoms with Gasteiger partial charge in [0.15, 0.2) is 0 Å². The first-order valence-corrected chi connectivity index (χ1v) is 13.3. The van der Waals surface area contributed by atoms with E-state index in [1.165, 1.54) is 19.3 Å². The van der Waals surface area contributed by atoms with Crippen molar-refractivity contribution in [3.63, 3.8) is 0 Å². The number of hydrogen-bond acceptors (Lipinski definition) is 4. The monoisotopic (exact) mass is 476 g/mol. The summed E-state index contributed by atoms with van der Waals surface area (Å²) in [7, 11) is -3.68. The second kappa shape index (κ2) is 10.7. The number of aromatic nitrogens is 2. The first-order chi connectivity index (χ1) is 16.5. The van der Waals surface area contributed by atoms with Gasteiger partial charge in [-0.2, -0.15) is 0 Å². The summed E-state index contributed by atoms with van der Waals surface area (Å²) in [5.74, 6) is 0.800. The van der Waals surface area contributed by atoms with Crippen molar-refractivity contribution in [2.45, 2.75) is 57.5 Å². The van der Waals surface area contributed by atoms with Crippen molar-refractivity contribution in [3.05, 3.63) is 83.9 Å². The van der Waals surface area contributed by atoms with Crippen LogP contribution in [0.5, 0.6) is 0 Å². The van der Waals surface area contributed by atoms with Crippen molar-refractivity contribution < 1.29 is 8.42 Å². The van der Waals surface area contributed by atoms with E-state index < -0.39 is 10.0 Å². The number of hydrogen-bond donors (Lipinski definition) is 2. The van der Waals surface area contributed by atoms with E-state index in [0.717, 1.165) is 41.1 Å². The van der Waals surface area contributed by atoms with E-state index in [0.29, 0.717) is 12.2 Å². The summed E-state index contributed by atoms with van der Waals surface area (Å²) >= 11 is 0. The van der Waals surface area contributed by atoms with E-state index in [1.54, 1.807) is 30.3 Å². The minimum Gasteiger partial charge on any atom is -0.351 e. The molecule has 0 saturated heterocycles. The van der Waals surface area contributed by atoms with Crippen molar-refractivity contribution in [3.8, 4) is 0 Å². The Morgan fingerprint density at radius 1 is 0.882 bits per heavy atom. The Bertz CT molecular complexity index is 1340. The number of aryl methyl sites for hydroxylation is 2. The maximum atomic E-state index is 12.9. The highest BCUT2D eigenvalue weighted by Crippen LogP contribution is 2.24. The summed E-state index contributed by atoms with van der Waals surface area (Å²) in [5, 5.41) is 3.45. The minimum absolute atomic E-state index is 0.245. The average Bonchev–Trinajstić information content (AvgIpc) is 3.19. The van der Waals surface area contributed by atoms with E-state index in [4.69, 9.17) is 4.98 Å². The molecule has 4 rings (SSSR count). The molecule has 0 unspecified atom stereocenters. The second-order valence-corrected chi connectivity index (χ2v) is 10.2. The molecule has 0 aliphatic rings. The number of unbranched alkanes of at least 4 members (excludes halogenated alkanes) is 3. The number of benzene rings is 3. The summed E-state index contributed by atoms with van der Waals surface area (Å²) in [4.78, 5) is 5.05. The Morgan fingerprint density at radius 2 is 1.62 bits per heavy atom. The Hall–Kier alpha value is -3.32. The fourth-order valence-corrected chi connectivity index (χ4v) is 5.10. The lowest BCUT2D eigenvalue weighted by Gasteiger charge is -2.15. The SMILES string of the molecule is CCCCCCn1c(NCc2ccccc2NS(=O)(=O)c2ccc(C)cc2)nc2ccccc21. The minimum atomic E-state index is -3.68. The van der Waals surface area contributed by atoms with Crippen LogP contribution in [0.25, 0.3) is 11.0 Å². The van der Waals surface area contributed by atoms with Gasteiger partial charge < -0.3 is 9.88 Å². The van der Waals surface area contributed by atoms with Crippen molar-refractivity contribution in [1.29, 1.82) is 0 Å². The van der Waals surface area contributed by atoms with Gasteiger partial charge >= 0.3 is 0 Å². The molecule has 0 saturated carbocycles. The van der Waals surface area contributed by atoms with Crippen LogP contribution in [-0.2, 0) is 23.1 Å². The van der Waals surface area contributed by atoms with Gasteiger partial charge in [-0.3, -0.25) is 4.72 Å². The number of nitrogens with zero attached hydrogens (tertiary/aromatic N) is 2. The van der Waals surface area contributed by atoms with Crippen LogP contribution in [0, 0.1) is 6.92 Å². The first-order valence-electron chi connectivity index (χ1n) is 11.8. The molecule has 0 aliphatic heterocycles. The molecular formula is C27H32N4O2S. The van der Waals surface area contributed by atoms with Crippen molar-refractivity contribution in [2.24, 2.45) is 0 Å². The molecule has 0 atom stereocenters. The van der Waals surface area contributed by atoms with Crippen molar-refractivity contribution >= 4 is 32.7 Å². The highest BCUT2D eigenvalue weighted by Gasteiger charge is 2.16. The van der Waals surface area contributed by atoms with E-state index in [9.17, 15) is 8.42 Å². The summed E-state index contributed by atoms with van der Waals surface area (Å²) in [6, 6.07) is 22.4. The number of fused-ring (bicyclic) bond motifs is 1. The van der Waals surface area contributed by atoms with E-state index in [-0.39, 0.29) is 4.90 Å². The fraction of sp³-hybridized carbons (Fsp3) is 0.296. The molecule has 3 aromatic carbocycles. The molecule has 4 aromatic rings. The van der Waals surface area contributed by atoms with Gasteiger partial charge in [-0.05, 0) is 49.2 Å². The summed E-state index contributed by atoms with van der Waals surface area (Å²) in [5.41, 5.74) is 4.48. The van der Waals surface area contributed by atoms with Crippen LogP contribution in [-0.4, -0.2) is 18.0 Å². The third-order valence-corrected chi connectivity index (χ3v) is 7.30. The smallest absolute Gasteiger partial charge is 0.261 e. The summed E-state index contributed by atoms with van der Waals surface area (Å²) < 4.78 is 30.8. The number of sulfonamides is 1. The van der Waals surface area contributed by atoms with E-state index >= 15 is 0 Å². The lowest BCUT2D eigenvalue weighted by atomic mass is 10.2. The summed E-state index contributed by atoms with van der Waals surface area (Å²) in [6.45, 7) is 5.49. The second-order valence-electron chi connectivity index (χ2n) is 8.57. The van der Waals surface area contributed by atoms with Gasteiger partial charge in [-0.25, -0.2) is 13.4 Å². The third kappa shape index (κ3) is 5.59. The van der Waals surface area contributed by atoms with Gasteiger partial charge in [0.25, 0.3) is 10.0 Å². The van der Waals surface area contributed by atoms with Crippen LogP contribution in [0.4, 0.5) is 11.6 Å². The average molecular weight is 477 g/mol. The van der Waals surface area contributed by atoms with Crippen molar-refractivity contribution in [1.82, 2.24) is 9.55 Å². The molecule has 0 aliphatic carbocycles. The maximum Gasteiger partial charge on any atom is 0.261 e. The molecule has 1 heterocycles. The van der Waals surface area contributed by atoms with E-state index in [2.05, 4.69) is 27.6 Å². The number of rotatable bonds is 11. The zero-order valence-corrected chi connectivity index (χ0v) is 20.6. The normalized spacial score (nSPS) is 11.6. The molecule has 0 radical (unpaired) electrons. The largest absolute Gasteiger partial charge is 0.351 e. The molecular weight excluding hydrogens is 444 g/mol. The zero-order chi connectivity index (χ0) is 24.0. The van der Waals surface area contributed by atoms with Gasteiger partial charge in [-0.1, -0.05) is 74.2 Å². The molecule has 6 nitrogen and oxygen atoms in total. The first kappa shape index (κ1) is 23.8. The van der Waals surface area contributed by atoms with E-state index in [1.807, 2.05) is 43.3 Å². The third-order valence-electron chi connectivity index (χ3n) is 5.92. The predicted octanol–water partition coefficient (Wildman–Crippen LogP) is 6.34. The van der Waals surface area contributed by atoms with Crippen LogP contribution >= 0.6 is 0 Å². The fourth-order valence-electron chi connectivity index (χ4n) is 4.00. The lowest BCUT2D eigenvalue weighted by Crippen LogP contribution is -2.15. The Labute approximate surface area is 202 Å². The molecule has 34 heavy (non-hydrogen) atoms. The molecule has 178 valence electrons. The molecule has 2 N–H and O–H groups in total. The molecule has 0 fully saturated rings. The standard InChI is InChI=1S/C27H32N4O2S/c1-3-4-5-10-19-31-26-14-9-8-13-25(26)29-27(31)28-20-22-11-6-7-12-24(22)30-34(32,33)23-17-15-21(2)16-18-23/h6-9,11-18,30H,3-5,10,19-20H2,1-2H3,(H,28,29). The zero-order valence-electron chi connectivity index (χ0n) is 19.8. The number of nitrogens with one attached hydrogen (secondary N) is 2. The van der Waals surface area contributed by atoms with Gasteiger partial charge in [0, 0.05) is 13.1 Å². The number of anilines is 2. The topological polar surface area (TPSA) is 76.0 Å². The highest BCUT2D eigenvalue weighted by atomic mass is 32.2. The maximum absolute atomic E-state index is 12.9. The van der Waals surface area contributed by atoms with Crippen LogP contribution in [0.1, 0.15) is 43.7 Å². The highest BCUT2D eigenvalue weighted by molar-refractivity contribution is 7.92. The Morgan fingerprint density at radius 3 is 2.41 bits per heavy atom. The van der Waals surface area contributed by atoms with Crippen LogP contribution in [0.2, 0.25) is 0 Å². The molecule has 0 amide bonds. The molecule has 0 bridgehead atoms. The number of imidazole rings is 1. The molecule has 0 spiro atoms. The predicted molar refractivity (Wildman–Crippen MR) is 140 cm³/mol. The van der Waals surface area contributed by atoms with Gasteiger partial charge in [0.05, 0.1) is 21.6 Å². The lowest BCUT2D eigenvalue weighted by molar-refractivity contribution is 0.593. The molecule has 1 aromatic heterocycles. The Balaban J connectivity index is 1.54. The van der Waals surface area contributed by atoms with Crippen LogP contribution in [0.15, 0.2) is 77.7 Å². The van der Waals surface area contributed by atoms with Crippen LogP contribution in [0.3, 0.4) is 0 Å². The van der Waals surface area contributed by atoms with Gasteiger partial charge in [-0.15, -0.1) is 0 Å². The van der Waals surface area contributed by atoms with Gasteiger partial charge in [0.1, 0.15) is 0 Å². The quantitative estimate of drug-likeness (QED) is 0.248.